The molecule has 1 fully saturated rings. The summed E-state index contributed by atoms with van der Waals surface area (Å²) in [6.07, 6.45) is -0.241. The molecular weight excluding hydrogens is 320 g/mol. The average molecular weight is 339 g/mol. The van der Waals surface area contributed by atoms with E-state index in [0.29, 0.717) is 37.9 Å². The van der Waals surface area contributed by atoms with Crippen LogP contribution < -0.4 is 0 Å². The summed E-state index contributed by atoms with van der Waals surface area (Å²) in [7, 11) is 0. The van der Waals surface area contributed by atoms with E-state index in [2.05, 4.69) is 0 Å². The van der Waals surface area contributed by atoms with Crippen LogP contribution in [0.15, 0.2) is 12.1 Å². The topological polar surface area (TPSA) is 70.1 Å². The molecule has 0 bridgehead atoms. The number of carboxylic acid groups (broad SMARTS) is 1. The van der Waals surface area contributed by atoms with E-state index in [-0.39, 0.29) is 11.9 Å². The molecule has 124 valence electrons. The number of rotatable bonds is 1. The highest BCUT2D eigenvalue weighted by Gasteiger charge is 2.32. The van der Waals surface area contributed by atoms with Gasteiger partial charge in [0.2, 0.25) is 5.91 Å². The van der Waals surface area contributed by atoms with E-state index in [1.807, 2.05) is 6.07 Å². The van der Waals surface area contributed by atoms with Gasteiger partial charge in [0.1, 0.15) is 0 Å². The molecule has 2 aliphatic rings. The van der Waals surface area contributed by atoms with Crippen molar-refractivity contribution in [2.24, 2.45) is 0 Å². The minimum atomic E-state index is -0.966. The van der Waals surface area contributed by atoms with Crippen molar-refractivity contribution in [3.8, 4) is 0 Å². The van der Waals surface area contributed by atoms with Gasteiger partial charge in [-0.15, -0.1) is 0 Å². The number of hydrogen-bond donors (Lipinski definition) is 1. The maximum absolute atomic E-state index is 11.7. The molecule has 2 aliphatic heterocycles. The van der Waals surface area contributed by atoms with Gasteiger partial charge < -0.3 is 14.7 Å². The van der Waals surface area contributed by atoms with Crippen LogP contribution in [0.25, 0.3) is 0 Å². The first-order chi connectivity index (χ1) is 11.0. The molecule has 1 N–H and O–H groups in total. The summed E-state index contributed by atoms with van der Waals surface area (Å²) in [5, 5.41) is 10.0. The van der Waals surface area contributed by atoms with Crippen LogP contribution in [0.2, 0.25) is 5.02 Å². The van der Waals surface area contributed by atoms with Gasteiger partial charge in [-0.05, 0) is 35.2 Å². The lowest BCUT2D eigenvalue weighted by molar-refractivity contribution is -0.129. The van der Waals surface area contributed by atoms with Gasteiger partial charge in [-0.3, -0.25) is 9.69 Å². The molecule has 1 aromatic carbocycles. The number of carbonyl (C=O) groups excluding carboxylic acids is 1. The molecule has 3 rings (SSSR count). The Morgan fingerprint density at radius 2 is 2.13 bits per heavy atom. The van der Waals surface area contributed by atoms with Crippen LogP contribution in [0.1, 0.15) is 29.7 Å². The quantitative estimate of drug-likeness (QED) is 0.853. The van der Waals surface area contributed by atoms with Crippen molar-refractivity contribution in [1.82, 2.24) is 9.80 Å². The summed E-state index contributed by atoms with van der Waals surface area (Å²) in [5.74, 6) is 0.0199. The summed E-state index contributed by atoms with van der Waals surface area (Å²) >= 11 is 6.24. The van der Waals surface area contributed by atoms with Crippen LogP contribution in [0.4, 0.5) is 4.79 Å². The second kappa shape index (κ2) is 6.37. The first kappa shape index (κ1) is 16.1. The molecule has 2 heterocycles. The van der Waals surface area contributed by atoms with Gasteiger partial charge >= 0.3 is 6.09 Å². The Kier molecular flexibility index (Phi) is 4.46. The molecule has 0 aromatic heterocycles. The number of amides is 2. The number of nitrogens with zero attached hydrogens (tertiary/aromatic N) is 2. The fraction of sp³-hybridized carbons (Fsp3) is 0.500. The third-order valence-electron chi connectivity index (χ3n) is 4.52. The molecule has 1 saturated heterocycles. The number of halogens is 1. The van der Waals surface area contributed by atoms with E-state index in [1.54, 1.807) is 17.9 Å². The maximum Gasteiger partial charge on any atom is 0.407 e. The number of ether oxygens (including phenoxy) is 1. The number of benzene rings is 1. The molecule has 0 spiro atoms. The Labute approximate surface area is 139 Å². The zero-order chi connectivity index (χ0) is 16.6. The number of morpholine rings is 1. The Morgan fingerprint density at radius 3 is 2.83 bits per heavy atom. The van der Waals surface area contributed by atoms with E-state index in [9.17, 15) is 14.7 Å². The largest absolute Gasteiger partial charge is 0.465 e. The minimum Gasteiger partial charge on any atom is -0.465 e. The first-order valence-electron chi connectivity index (χ1n) is 7.61. The van der Waals surface area contributed by atoms with Crippen molar-refractivity contribution in [3.63, 3.8) is 0 Å². The van der Waals surface area contributed by atoms with Crippen molar-refractivity contribution < 1.29 is 19.4 Å². The van der Waals surface area contributed by atoms with Gasteiger partial charge in [-0.2, -0.15) is 0 Å². The molecule has 1 atom stereocenters. The SMILES string of the molecule is CC(=O)N1CCc2cc(Cl)cc(C3COCCN3C(=O)O)c2C1. The first-order valence-corrected chi connectivity index (χ1v) is 7.99. The molecule has 7 heteroatoms. The van der Waals surface area contributed by atoms with E-state index < -0.39 is 6.09 Å². The highest BCUT2D eigenvalue weighted by atomic mass is 35.5. The van der Waals surface area contributed by atoms with Crippen LogP contribution in [0.5, 0.6) is 0 Å². The normalized spacial score (nSPS) is 21.0. The average Bonchev–Trinajstić information content (AvgIpc) is 2.53. The van der Waals surface area contributed by atoms with Crippen LogP contribution in [-0.4, -0.2) is 53.2 Å². The highest BCUT2D eigenvalue weighted by molar-refractivity contribution is 6.30. The maximum atomic E-state index is 11.7. The molecule has 0 aliphatic carbocycles. The van der Waals surface area contributed by atoms with Gasteiger partial charge in [-0.1, -0.05) is 11.6 Å². The van der Waals surface area contributed by atoms with Gasteiger partial charge in [0.05, 0.1) is 19.3 Å². The van der Waals surface area contributed by atoms with Gasteiger partial charge in [0.25, 0.3) is 0 Å². The Hall–Kier alpha value is -1.79. The molecule has 23 heavy (non-hydrogen) atoms. The van der Waals surface area contributed by atoms with Gasteiger partial charge in [-0.25, -0.2) is 4.79 Å². The second-order valence-electron chi connectivity index (χ2n) is 5.89. The molecular formula is C16H19ClN2O4. The molecule has 0 saturated carbocycles. The van der Waals surface area contributed by atoms with Crippen LogP contribution in [-0.2, 0) is 22.5 Å². The Morgan fingerprint density at radius 1 is 1.35 bits per heavy atom. The van der Waals surface area contributed by atoms with Crippen molar-refractivity contribution in [2.45, 2.75) is 25.9 Å². The third-order valence-corrected chi connectivity index (χ3v) is 4.74. The molecule has 1 unspecified atom stereocenters. The van der Waals surface area contributed by atoms with Crippen molar-refractivity contribution in [3.05, 3.63) is 33.8 Å². The van der Waals surface area contributed by atoms with Crippen LogP contribution in [0.3, 0.4) is 0 Å². The predicted molar refractivity (Wildman–Crippen MR) is 84.5 cm³/mol. The highest BCUT2D eigenvalue weighted by Crippen LogP contribution is 2.34. The lowest BCUT2D eigenvalue weighted by Gasteiger charge is -2.37. The smallest absolute Gasteiger partial charge is 0.407 e. The summed E-state index contributed by atoms with van der Waals surface area (Å²) in [4.78, 5) is 26.4. The van der Waals surface area contributed by atoms with E-state index in [0.717, 1.165) is 23.1 Å². The van der Waals surface area contributed by atoms with E-state index in [1.165, 1.54) is 4.90 Å². The summed E-state index contributed by atoms with van der Waals surface area (Å²) < 4.78 is 5.49. The minimum absolute atomic E-state index is 0.0199. The van der Waals surface area contributed by atoms with Crippen molar-refractivity contribution in [1.29, 1.82) is 0 Å². The summed E-state index contributed by atoms with van der Waals surface area (Å²) in [6.45, 7) is 3.73. The predicted octanol–water partition coefficient (Wildman–Crippen LogP) is 2.30. The Bertz CT molecular complexity index is 649. The summed E-state index contributed by atoms with van der Waals surface area (Å²) in [6, 6.07) is 3.33. The molecule has 1 aromatic rings. The molecule has 2 amide bonds. The van der Waals surface area contributed by atoms with Gasteiger partial charge in [0.15, 0.2) is 0 Å². The van der Waals surface area contributed by atoms with Crippen molar-refractivity contribution in [2.75, 3.05) is 26.3 Å². The fourth-order valence-electron chi connectivity index (χ4n) is 3.31. The van der Waals surface area contributed by atoms with Gasteiger partial charge in [0, 0.05) is 31.6 Å². The molecule has 0 radical (unpaired) electrons. The van der Waals surface area contributed by atoms with E-state index in [4.69, 9.17) is 16.3 Å². The lowest BCUT2D eigenvalue weighted by Crippen LogP contribution is -2.44. The lowest BCUT2D eigenvalue weighted by atomic mass is 9.90. The number of fused-ring (bicyclic) bond motifs is 1. The van der Waals surface area contributed by atoms with Crippen LogP contribution in [0, 0.1) is 0 Å². The summed E-state index contributed by atoms with van der Waals surface area (Å²) in [5.41, 5.74) is 2.93. The number of carbonyl (C=O) groups is 2. The van der Waals surface area contributed by atoms with E-state index >= 15 is 0 Å². The third kappa shape index (κ3) is 3.14. The number of hydrogen-bond acceptors (Lipinski definition) is 3. The van der Waals surface area contributed by atoms with Crippen molar-refractivity contribution >= 4 is 23.6 Å². The zero-order valence-corrected chi connectivity index (χ0v) is 13.7. The standard InChI is InChI=1S/C16H19ClN2O4/c1-10(20)18-3-2-11-6-12(17)7-13(14(11)8-18)15-9-23-5-4-19(15)16(21)22/h6-7,15H,2-5,8-9H2,1H3,(H,21,22). The second-order valence-corrected chi connectivity index (χ2v) is 6.33. The Balaban J connectivity index is 2.03. The molecule has 6 nitrogen and oxygen atoms in total. The van der Waals surface area contributed by atoms with Crippen LogP contribution >= 0.6 is 11.6 Å². The monoisotopic (exact) mass is 338 g/mol. The fourth-order valence-corrected chi connectivity index (χ4v) is 3.56. The zero-order valence-electron chi connectivity index (χ0n) is 12.9.